The second-order valence-corrected chi connectivity index (χ2v) is 5.11. The third-order valence-corrected chi connectivity index (χ3v) is 3.29. The highest BCUT2D eigenvalue weighted by molar-refractivity contribution is 6.33. The van der Waals surface area contributed by atoms with Crippen LogP contribution in [0.5, 0.6) is 0 Å². The fourth-order valence-electron chi connectivity index (χ4n) is 1.95. The van der Waals surface area contributed by atoms with Crippen molar-refractivity contribution in [2.45, 2.75) is 19.4 Å². The average Bonchev–Trinajstić information content (AvgIpc) is 3.13. The molecule has 0 unspecified atom stereocenters. The minimum atomic E-state index is 0.564. The first-order chi connectivity index (χ1) is 8.74. The van der Waals surface area contributed by atoms with Crippen molar-refractivity contribution in [3.05, 3.63) is 22.8 Å². The Hall–Kier alpha value is -1.24. The number of halogens is 1. The molecule has 1 aliphatic carbocycles. The lowest BCUT2D eigenvalue weighted by Gasteiger charge is -2.22. The summed E-state index contributed by atoms with van der Waals surface area (Å²) in [5.41, 5.74) is 1.08. The van der Waals surface area contributed by atoms with Gasteiger partial charge >= 0.3 is 0 Å². The van der Waals surface area contributed by atoms with Crippen LogP contribution in [0, 0.1) is 18.3 Å². The van der Waals surface area contributed by atoms with Gasteiger partial charge in [0.25, 0.3) is 0 Å². The van der Waals surface area contributed by atoms with Gasteiger partial charge in [-0.2, -0.15) is 0 Å². The molecule has 0 aliphatic heterocycles. The van der Waals surface area contributed by atoms with Crippen LogP contribution >= 0.6 is 11.6 Å². The summed E-state index contributed by atoms with van der Waals surface area (Å²) in [5, 5.41) is 3.76. The van der Waals surface area contributed by atoms with Crippen LogP contribution in [-0.4, -0.2) is 25.1 Å². The van der Waals surface area contributed by atoms with Gasteiger partial charge in [-0.05, 0) is 37.4 Å². The van der Waals surface area contributed by atoms with E-state index in [0.29, 0.717) is 11.6 Å². The van der Waals surface area contributed by atoms with Crippen molar-refractivity contribution in [1.82, 2.24) is 10.3 Å². The van der Waals surface area contributed by atoms with Gasteiger partial charge in [-0.3, -0.25) is 0 Å². The Labute approximate surface area is 114 Å². The van der Waals surface area contributed by atoms with Crippen molar-refractivity contribution < 1.29 is 0 Å². The van der Waals surface area contributed by atoms with Crippen LogP contribution in [0.25, 0.3) is 0 Å². The quantitative estimate of drug-likeness (QED) is 0.799. The predicted octanol–water partition coefficient (Wildman–Crippen LogP) is 2.30. The van der Waals surface area contributed by atoms with Crippen LogP contribution in [0.1, 0.15) is 18.4 Å². The minimum absolute atomic E-state index is 0.564. The molecule has 1 aromatic heterocycles. The van der Waals surface area contributed by atoms with Gasteiger partial charge in [-0.1, -0.05) is 17.5 Å². The summed E-state index contributed by atoms with van der Waals surface area (Å²) in [6.07, 6.45) is 9.85. The molecule has 0 spiro atoms. The van der Waals surface area contributed by atoms with E-state index in [-0.39, 0.29) is 0 Å². The zero-order chi connectivity index (χ0) is 13.0. The topological polar surface area (TPSA) is 28.2 Å². The lowest BCUT2D eigenvalue weighted by molar-refractivity contribution is 0.752. The van der Waals surface area contributed by atoms with E-state index in [1.54, 1.807) is 0 Å². The lowest BCUT2D eigenvalue weighted by Crippen LogP contribution is -2.27. The fraction of sp³-hybridized carbons (Fsp3) is 0.500. The van der Waals surface area contributed by atoms with E-state index in [0.717, 1.165) is 30.4 Å². The number of rotatable bonds is 6. The molecule has 0 bridgehead atoms. The first kappa shape index (κ1) is 13.2. The highest BCUT2D eigenvalue weighted by Crippen LogP contribution is 2.32. The SMILES string of the molecule is C#CCN(CC1CC1)c1ncc(CNC)cc1Cl. The summed E-state index contributed by atoms with van der Waals surface area (Å²) >= 11 is 6.30. The predicted molar refractivity (Wildman–Crippen MR) is 75.8 cm³/mol. The maximum absolute atomic E-state index is 6.30. The van der Waals surface area contributed by atoms with Crippen molar-refractivity contribution >= 4 is 17.4 Å². The Bertz CT molecular complexity index is 449. The van der Waals surface area contributed by atoms with Gasteiger partial charge in [0.15, 0.2) is 0 Å². The molecule has 1 heterocycles. The Balaban J connectivity index is 2.15. The van der Waals surface area contributed by atoms with E-state index in [9.17, 15) is 0 Å². The van der Waals surface area contributed by atoms with Gasteiger partial charge in [-0.15, -0.1) is 6.42 Å². The lowest BCUT2D eigenvalue weighted by atomic mass is 10.2. The van der Waals surface area contributed by atoms with E-state index in [4.69, 9.17) is 18.0 Å². The van der Waals surface area contributed by atoms with Crippen molar-refractivity contribution in [3.8, 4) is 12.3 Å². The third-order valence-electron chi connectivity index (χ3n) is 3.02. The Morgan fingerprint density at radius 2 is 2.39 bits per heavy atom. The summed E-state index contributed by atoms with van der Waals surface area (Å²) in [7, 11) is 1.90. The summed E-state index contributed by atoms with van der Waals surface area (Å²) in [6, 6.07) is 1.96. The number of hydrogen-bond acceptors (Lipinski definition) is 3. The first-order valence-corrected chi connectivity index (χ1v) is 6.59. The molecule has 1 aliphatic rings. The molecule has 1 saturated carbocycles. The number of hydrogen-bond donors (Lipinski definition) is 1. The molecule has 2 rings (SSSR count). The fourth-order valence-corrected chi connectivity index (χ4v) is 2.26. The number of nitrogens with zero attached hydrogens (tertiary/aromatic N) is 2. The van der Waals surface area contributed by atoms with Crippen LogP contribution in [0.2, 0.25) is 5.02 Å². The Kier molecular flexibility index (Phi) is 4.46. The molecule has 0 aromatic carbocycles. The molecule has 1 fully saturated rings. The summed E-state index contributed by atoms with van der Waals surface area (Å²) in [6.45, 7) is 2.29. The maximum atomic E-state index is 6.30. The molecule has 0 atom stereocenters. The van der Waals surface area contributed by atoms with Crippen LogP contribution in [0.3, 0.4) is 0 Å². The van der Waals surface area contributed by atoms with Gasteiger partial charge in [0.05, 0.1) is 11.6 Å². The standard InChI is InChI=1S/C14H18ClN3/c1-3-6-18(10-11-4-5-11)14-13(15)7-12(8-16-2)9-17-14/h1,7,9,11,16H,4-6,8,10H2,2H3. The number of nitrogens with one attached hydrogen (secondary N) is 1. The number of pyridine rings is 1. The van der Waals surface area contributed by atoms with E-state index in [2.05, 4.69) is 21.1 Å². The molecule has 0 saturated heterocycles. The molecule has 3 nitrogen and oxygen atoms in total. The number of terminal acetylenes is 1. The monoisotopic (exact) mass is 263 g/mol. The smallest absolute Gasteiger partial charge is 0.148 e. The average molecular weight is 264 g/mol. The molecular formula is C14H18ClN3. The Morgan fingerprint density at radius 3 is 2.94 bits per heavy atom. The largest absolute Gasteiger partial charge is 0.344 e. The van der Waals surface area contributed by atoms with E-state index < -0.39 is 0 Å². The molecule has 0 radical (unpaired) electrons. The molecule has 1 aromatic rings. The summed E-state index contributed by atoms with van der Waals surface area (Å²) < 4.78 is 0. The van der Waals surface area contributed by atoms with Crippen molar-refractivity contribution in [2.24, 2.45) is 5.92 Å². The molecule has 18 heavy (non-hydrogen) atoms. The molecule has 0 amide bonds. The van der Waals surface area contributed by atoms with Gasteiger partial charge in [0.1, 0.15) is 5.82 Å². The van der Waals surface area contributed by atoms with Gasteiger partial charge in [0, 0.05) is 19.3 Å². The maximum Gasteiger partial charge on any atom is 0.148 e. The highest BCUT2D eigenvalue weighted by Gasteiger charge is 2.25. The van der Waals surface area contributed by atoms with Crippen LogP contribution in [0.15, 0.2) is 12.3 Å². The van der Waals surface area contributed by atoms with Crippen molar-refractivity contribution in [2.75, 3.05) is 25.0 Å². The Morgan fingerprint density at radius 1 is 1.61 bits per heavy atom. The van der Waals surface area contributed by atoms with Gasteiger partial charge in [-0.25, -0.2) is 4.98 Å². The second-order valence-electron chi connectivity index (χ2n) is 4.71. The summed E-state index contributed by atoms with van der Waals surface area (Å²) in [4.78, 5) is 6.56. The molecule has 4 heteroatoms. The molecular weight excluding hydrogens is 246 g/mol. The van der Waals surface area contributed by atoms with E-state index in [1.165, 1.54) is 12.8 Å². The zero-order valence-electron chi connectivity index (χ0n) is 10.6. The third kappa shape index (κ3) is 3.38. The zero-order valence-corrected chi connectivity index (χ0v) is 11.4. The van der Waals surface area contributed by atoms with E-state index >= 15 is 0 Å². The first-order valence-electron chi connectivity index (χ1n) is 6.22. The molecule has 1 N–H and O–H groups in total. The van der Waals surface area contributed by atoms with Crippen LogP contribution in [-0.2, 0) is 6.54 Å². The summed E-state index contributed by atoms with van der Waals surface area (Å²) in [5.74, 6) is 4.25. The number of anilines is 1. The van der Waals surface area contributed by atoms with Crippen molar-refractivity contribution in [3.63, 3.8) is 0 Å². The van der Waals surface area contributed by atoms with Gasteiger partial charge < -0.3 is 10.2 Å². The second kappa shape index (κ2) is 6.08. The highest BCUT2D eigenvalue weighted by atomic mass is 35.5. The normalized spacial score (nSPS) is 14.3. The van der Waals surface area contributed by atoms with E-state index in [1.807, 2.05) is 19.3 Å². The molecule has 96 valence electrons. The van der Waals surface area contributed by atoms with Crippen LogP contribution < -0.4 is 10.2 Å². The number of aromatic nitrogens is 1. The van der Waals surface area contributed by atoms with Gasteiger partial charge in [0.2, 0.25) is 0 Å². The minimum Gasteiger partial charge on any atom is -0.344 e. The van der Waals surface area contributed by atoms with Crippen molar-refractivity contribution in [1.29, 1.82) is 0 Å². The van der Waals surface area contributed by atoms with Crippen LogP contribution in [0.4, 0.5) is 5.82 Å².